The second kappa shape index (κ2) is 5.79. The van der Waals surface area contributed by atoms with Crippen LogP contribution in [0, 0.1) is 12.3 Å². The third kappa shape index (κ3) is 2.53. The molecule has 1 aromatic rings. The highest BCUT2D eigenvalue weighted by molar-refractivity contribution is 5.92. The van der Waals surface area contributed by atoms with Crippen LogP contribution in [0.1, 0.15) is 31.2 Å². The summed E-state index contributed by atoms with van der Waals surface area (Å²) < 4.78 is 0. The summed E-state index contributed by atoms with van der Waals surface area (Å²) in [6.07, 6.45) is 7.59. The lowest BCUT2D eigenvalue weighted by Crippen LogP contribution is -2.53. The van der Waals surface area contributed by atoms with Crippen molar-refractivity contribution in [3.63, 3.8) is 0 Å². The second-order valence-corrected chi connectivity index (χ2v) is 5.07. The van der Waals surface area contributed by atoms with E-state index in [1.54, 1.807) is 0 Å². The van der Waals surface area contributed by atoms with E-state index in [0.717, 1.165) is 24.8 Å². The third-order valence-corrected chi connectivity index (χ3v) is 3.89. The van der Waals surface area contributed by atoms with Gasteiger partial charge in [-0.2, -0.15) is 0 Å². The van der Waals surface area contributed by atoms with E-state index in [4.69, 9.17) is 11.5 Å². The zero-order chi connectivity index (χ0) is 14.6. The molecule has 20 heavy (non-hydrogen) atoms. The van der Waals surface area contributed by atoms with Crippen molar-refractivity contribution in [3.8, 4) is 12.3 Å². The fourth-order valence-corrected chi connectivity index (χ4v) is 2.55. The third-order valence-electron chi connectivity index (χ3n) is 3.89. The van der Waals surface area contributed by atoms with Gasteiger partial charge in [-0.15, -0.1) is 12.3 Å². The normalized spacial score (nSPS) is 17.4. The first-order valence-electron chi connectivity index (χ1n) is 6.63. The molecule has 4 heteroatoms. The first-order chi connectivity index (χ1) is 9.60. The Bertz CT molecular complexity index is 541. The van der Waals surface area contributed by atoms with E-state index < -0.39 is 17.4 Å². The van der Waals surface area contributed by atoms with Crippen LogP contribution in [0.3, 0.4) is 0 Å². The van der Waals surface area contributed by atoms with Crippen LogP contribution in [-0.2, 0) is 15.0 Å². The van der Waals surface area contributed by atoms with E-state index in [1.807, 2.05) is 30.3 Å². The van der Waals surface area contributed by atoms with Crippen molar-refractivity contribution in [3.05, 3.63) is 35.9 Å². The summed E-state index contributed by atoms with van der Waals surface area (Å²) in [5, 5.41) is 11.6. The Morgan fingerprint density at radius 1 is 1.35 bits per heavy atom. The number of amides is 1. The number of nitrogens with one attached hydrogen (secondary N) is 1. The van der Waals surface area contributed by atoms with Gasteiger partial charge in [-0.25, -0.2) is 4.79 Å². The molecule has 4 nitrogen and oxygen atoms in total. The maximum Gasteiger partial charge on any atom is 0.327 e. The molecule has 0 spiro atoms. The first-order valence-corrected chi connectivity index (χ1v) is 6.63. The largest absolute Gasteiger partial charge is 0.480 e. The molecule has 1 atom stereocenters. The summed E-state index contributed by atoms with van der Waals surface area (Å²) >= 11 is 0. The van der Waals surface area contributed by atoms with Crippen molar-refractivity contribution in [2.75, 3.05) is 0 Å². The van der Waals surface area contributed by atoms with Crippen LogP contribution in [0.15, 0.2) is 30.3 Å². The SMILES string of the molecule is C#CCC(NC(=O)C1(c2ccccc2)CCC1)C(=O)O. The Labute approximate surface area is 118 Å². The maximum atomic E-state index is 12.5. The molecule has 0 aromatic heterocycles. The number of carbonyl (C=O) groups is 2. The maximum absolute atomic E-state index is 12.5. The summed E-state index contributed by atoms with van der Waals surface area (Å²) in [4.78, 5) is 23.6. The molecule has 1 fully saturated rings. The smallest absolute Gasteiger partial charge is 0.327 e. The minimum absolute atomic E-state index is 0.00799. The zero-order valence-electron chi connectivity index (χ0n) is 11.1. The molecule has 104 valence electrons. The summed E-state index contributed by atoms with van der Waals surface area (Å²) in [5.74, 6) is 0.950. The Morgan fingerprint density at radius 3 is 2.45 bits per heavy atom. The van der Waals surface area contributed by atoms with Crippen LogP contribution < -0.4 is 5.32 Å². The molecule has 0 aliphatic heterocycles. The van der Waals surface area contributed by atoms with Gasteiger partial charge in [0.05, 0.1) is 5.41 Å². The first kappa shape index (κ1) is 14.1. The van der Waals surface area contributed by atoms with Crippen molar-refractivity contribution in [2.24, 2.45) is 0 Å². The van der Waals surface area contributed by atoms with E-state index in [-0.39, 0.29) is 12.3 Å². The lowest BCUT2D eigenvalue weighted by atomic mass is 9.63. The van der Waals surface area contributed by atoms with E-state index in [0.29, 0.717) is 0 Å². The number of carbonyl (C=O) groups excluding carboxylic acids is 1. The molecule has 0 heterocycles. The van der Waals surface area contributed by atoms with Gasteiger partial charge in [0.15, 0.2) is 0 Å². The van der Waals surface area contributed by atoms with Crippen LogP contribution in [0.4, 0.5) is 0 Å². The average Bonchev–Trinajstić information content (AvgIpc) is 2.38. The number of carboxylic acid groups (broad SMARTS) is 1. The summed E-state index contributed by atoms with van der Waals surface area (Å²) in [5.41, 5.74) is 0.345. The van der Waals surface area contributed by atoms with Crippen LogP contribution >= 0.6 is 0 Å². The standard InChI is InChI=1S/C16H17NO3/c1-2-7-13(14(18)19)17-15(20)16(10-6-11-16)12-8-4-3-5-9-12/h1,3-5,8-9,13H,6-7,10-11H2,(H,17,20)(H,18,19). The van der Waals surface area contributed by atoms with E-state index in [9.17, 15) is 9.59 Å². The number of carboxylic acids is 1. The molecule has 0 bridgehead atoms. The van der Waals surface area contributed by atoms with Gasteiger partial charge in [-0.05, 0) is 18.4 Å². The summed E-state index contributed by atoms with van der Waals surface area (Å²) in [7, 11) is 0. The van der Waals surface area contributed by atoms with Gasteiger partial charge in [0.1, 0.15) is 6.04 Å². The summed E-state index contributed by atoms with van der Waals surface area (Å²) in [6.45, 7) is 0. The highest BCUT2D eigenvalue weighted by atomic mass is 16.4. The topological polar surface area (TPSA) is 66.4 Å². The van der Waals surface area contributed by atoms with Gasteiger partial charge < -0.3 is 10.4 Å². The second-order valence-electron chi connectivity index (χ2n) is 5.07. The lowest BCUT2D eigenvalue weighted by Gasteiger charge is -2.41. The van der Waals surface area contributed by atoms with E-state index in [1.165, 1.54) is 0 Å². The number of hydrogen-bond acceptors (Lipinski definition) is 2. The molecular weight excluding hydrogens is 254 g/mol. The summed E-state index contributed by atoms with van der Waals surface area (Å²) in [6, 6.07) is 8.48. The minimum atomic E-state index is -1.10. The van der Waals surface area contributed by atoms with Crippen molar-refractivity contribution in [1.82, 2.24) is 5.32 Å². The molecule has 1 amide bonds. The molecule has 1 aliphatic rings. The molecule has 1 aliphatic carbocycles. The van der Waals surface area contributed by atoms with Gasteiger partial charge in [0.2, 0.25) is 5.91 Å². The molecule has 2 N–H and O–H groups in total. The Hall–Kier alpha value is -2.28. The Kier molecular flexibility index (Phi) is 4.09. The number of rotatable bonds is 5. The quantitative estimate of drug-likeness (QED) is 0.801. The van der Waals surface area contributed by atoms with Gasteiger partial charge in [0.25, 0.3) is 0 Å². The van der Waals surface area contributed by atoms with Gasteiger partial charge in [-0.3, -0.25) is 4.79 Å². The van der Waals surface area contributed by atoms with Crippen LogP contribution in [0.2, 0.25) is 0 Å². The predicted molar refractivity (Wildman–Crippen MR) is 75.0 cm³/mol. The van der Waals surface area contributed by atoms with Crippen molar-refractivity contribution >= 4 is 11.9 Å². The number of benzene rings is 1. The van der Waals surface area contributed by atoms with Crippen LogP contribution in [0.5, 0.6) is 0 Å². The highest BCUT2D eigenvalue weighted by Gasteiger charge is 2.46. The van der Waals surface area contributed by atoms with E-state index >= 15 is 0 Å². The monoisotopic (exact) mass is 271 g/mol. The molecule has 0 radical (unpaired) electrons. The van der Waals surface area contributed by atoms with Crippen molar-refractivity contribution < 1.29 is 14.7 Å². The van der Waals surface area contributed by atoms with Gasteiger partial charge >= 0.3 is 5.97 Å². The van der Waals surface area contributed by atoms with Crippen LogP contribution in [-0.4, -0.2) is 23.0 Å². The molecule has 1 aromatic carbocycles. The number of hydrogen-bond donors (Lipinski definition) is 2. The Balaban J connectivity index is 2.18. The molecule has 1 saturated carbocycles. The van der Waals surface area contributed by atoms with Crippen LogP contribution in [0.25, 0.3) is 0 Å². The fraction of sp³-hybridized carbons (Fsp3) is 0.375. The molecular formula is C16H17NO3. The Morgan fingerprint density at radius 2 is 2.00 bits per heavy atom. The predicted octanol–water partition coefficient (Wildman–Crippen LogP) is 1.70. The van der Waals surface area contributed by atoms with Crippen molar-refractivity contribution in [2.45, 2.75) is 37.1 Å². The van der Waals surface area contributed by atoms with Crippen molar-refractivity contribution in [1.29, 1.82) is 0 Å². The van der Waals surface area contributed by atoms with Gasteiger partial charge in [-0.1, -0.05) is 36.8 Å². The van der Waals surface area contributed by atoms with Gasteiger partial charge in [0, 0.05) is 6.42 Å². The number of terminal acetylenes is 1. The molecule has 0 saturated heterocycles. The lowest BCUT2D eigenvalue weighted by molar-refractivity contribution is -0.143. The highest BCUT2D eigenvalue weighted by Crippen LogP contribution is 2.43. The fourth-order valence-electron chi connectivity index (χ4n) is 2.55. The average molecular weight is 271 g/mol. The molecule has 1 unspecified atom stereocenters. The van der Waals surface area contributed by atoms with E-state index in [2.05, 4.69) is 11.2 Å². The zero-order valence-corrected chi connectivity index (χ0v) is 11.1. The molecule has 2 rings (SSSR count). The number of aliphatic carboxylic acids is 1. The minimum Gasteiger partial charge on any atom is -0.480 e.